The summed E-state index contributed by atoms with van der Waals surface area (Å²) < 4.78 is 0. The van der Waals surface area contributed by atoms with Crippen molar-refractivity contribution in [2.45, 2.75) is 46.0 Å². The molecule has 0 radical (unpaired) electrons. The van der Waals surface area contributed by atoms with Crippen LogP contribution in [0.1, 0.15) is 46.0 Å². The summed E-state index contributed by atoms with van der Waals surface area (Å²) in [4.78, 5) is 11.3. The Balaban J connectivity index is 3.34. The maximum Gasteiger partial charge on any atom is 0.220 e. The fraction of sp³-hybridized carbons (Fsp3) is 0.909. The predicted molar refractivity (Wildman–Crippen MR) is 58.0 cm³/mol. The molecule has 1 atom stereocenters. The third kappa shape index (κ3) is 8.05. The third-order valence-electron chi connectivity index (χ3n) is 2.28. The number of carbonyl (C=O) groups is 1. The van der Waals surface area contributed by atoms with Crippen molar-refractivity contribution in [2.24, 2.45) is 5.92 Å². The van der Waals surface area contributed by atoms with Crippen molar-refractivity contribution in [3.63, 3.8) is 0 Å². The van der Waals surface area contributed by atoms with Crippen LogP contribution in [-0.2, 0) is 4.79 Å². The first kappa shape index (κ1) is 13.4. The summed E-state index contributed by atoms with van der Waals surface area (Å²) in [6.07, 6.45) is 4.65. The average Bonchev–Trinajstić information content (AvgIpc) is 2.16. The molecule has 0 heterocycles. The summed E-state index contributed by atoms with van der Waals surface area (Å²) in [6.45, 7) is 5.04. The molecule has 0 aromatic carbocycles. The van der Waals surface area contributed by atoms with E-state index in [1.165, 1.54) is 0 Å². The van der Waals surface area contributed by atoms with E-state index < -0.39 is 0 Å². The highest BCUT2D eigenvalue weighted by molar-refractivity contribution is 5.75. The quantitative estimate of drug-likeness (QED) is 0.587. The van der Waals surface area contributed by atoms with Gasteiger partial charge in [-0.25, -0.2) is 0 Å². The van der Waals surface area contributed by atoms with Gasteiger partial charge in [-0.15, -0.1) is 0 Å². The van der Waals surface area contributed by atoms with Gasteiger partial charge in [-0.05, 0) is 18.8 Å². The number of hydrogen-bond acceptors (Lipinski definition) is 2. The van der Waals surface area contributed by atoms with Gasteiger partial charge >= 0.3 is 0 Å². The molecule has 3 heteroatoms. The SMILES string of the molecule is CCCCCC(=O)NCC(C)CCO. The number of unbranched alkanes of at least 4 members (excludes halogenated alkanes) is 2. The minimum absolute atomic E-state index is 0.142. The van der Waals surface area contributed by atoms with Gasteiger partial charge in [0.2, 0.25) is 5.91 Å². The van der Waals surface area contributed by atoms with Crippen LogP contribution >= 0.6 is 0 Å². The van der Waals surface area contributed by atoms with Crippen LogP contribution in [0.15, 0.2) is 0 Å². The molecule has 14 heavy (non-hydrogen) atoms. The number of aliphatic hydroxyl groups is 1. The van der Waals surface area contributed by atoms with E-state index in [1.807, 2.05) is 6.92 Å². The molecule has 0 aromatic heterocycles. The Morgan fingerprint density at radius 3 is 2.71 bits per heavy atom. The van der Waals surface area contributed by atoms with Gasteiger partial charge in [-0.1, -0.05) is 26.7 Å². The second kappa shape index (κ2) is 9.00. The lowest BCUT2D eigenvalue weighted by Crippen LogP contribution is -2.28. The van der Waals surface area contributed by atoms with Crippen molar-refractivity contribution in [3.05, 3.63) is 0 Å². The van der Waals surface area contributed by atoms with Gasteiger partial charge in [0.05, 0.1) is 0 Å². The number of carbonyl (C=O) groups excluding carboxylic acids is 1. The molecule has 0 aliphatic carbocycles. The monoisotopic (exact) mass is 201 g/mol. The van der Waals surface area contributed by atoms with Crippen LogP contribution in [-0.4, -0.2) is 24.2 Å². The molecule has 0 rings (SSSR count). The van der Waals surface area contributed by atoms with Crippen molar-refractivity contribution >= 4 is 5.91 Å². The lowest BCUT2D eigenvalue weighted by molar-refractivity contribution is -0.121. The first-order valence-corrected chi connectivity index (χ1v) is 5.58. The molecule has 0 aromatic rings. The number of rotatable bonds is 8. The summed E-state index contributed by atoms with van der Waals surface area (Å²) in [5.41, 5.74) is 0. The Labute approximate surface area is 86.9 Å². The molecule has 0 aliphatic heterocycles. The Hall–Kier alpha value is -0.570. The highest BCUT2D eigenvalue weighted by Gasteiger charge is 2.04. The summed E-state index contributed by atoms with van der Waals surface area (Å²) in [5.74, 6) is 0.512. The van der Waals surface area contributed by atoms with Crippen molar-refractivity contribution in [1.82, 2.24) is 5.32 Å². The Morgan fingerprint density at radius 2 is 2.14 bits per heavy atom. The summed E-state index contributed by atoms with van der Waals surface area (Å²) in [7, 11) is 0. The third-order valence-corrected chi connectivity index (χ3v) is 2.28. The first-order chi connectivity index (χ1) is 6.70. The van der Waals surface area contributed by atoms with E-state index in [9.17, 15) is 4.79 Å². The van der Waals surface area contributed by atoms with Crippen molar-refractivity contribution in [1.29, 1.82) is 0 Å². The largest absolute Gasteiger partial charge is 0.396 e. The molecule has 0 fully saturated rings. The van der Waals surface area contributed by atoms with E-state index in [-0.39, 0.29) is 12.5 Å². The molecule has 2 N–H and O–H groups in total. The van der Waals surface area contributed by atoms with Gasteiger partial charge in [-0.2, -0.15) is 0 Å². The molecule has 84 valence electrons. The van der Waals surface area contributed by atoms with E-state index >= 15 is 0 Å². The van der Waals surface area contributed by atoms with E-state index in [2.05, 4.69) is 12.2 Å². The first-order valence-electron chi connectivity index (χ1n) is 5.58. The Morgan fingerprint density at radius 1 is 1.43 bits per heavy atom. The highest BCUT2D eigenvalue weighted by atomic mass is 16.3. The standard InChI is InChI=1S/C11H23NO2/c1-3-4-5-6-11(14)12-9-10(2)7-8-13/h10,13H,3-9H2,1-2H3,(H,12,14). The molecule has 1 unspecified atom stereocenters. The highest BCUT2D eigenvalue weighted by Crippen LogP contribution is 2.00. The number of aliphatic hydroxyl groups excluding tert-OH is 1. The van der Waals surface area contributed by atoms with Crippen molar-refractivity contribution in [3.8, 4) is 0 Å². The van der Waals surface area contributed by atoms with Crippen molar-refractivity contribution in [2.75, 3.05) is 13.2 Å². The number of amides is 1. The summed E-state index contributed by atoms with van der Waals surface area (Å²) in [6, 6.07) is 0. The zero-order chi connectivity index (χ0) is 10.8. The number of hydrogen-bond donors (Lipinski definition) is 2. The van der Waals surface area contributed by atoms with Crippen LogP contribution in [0.25, 0.3) is 0 Å². The van der Waals surface area contributed by atoms with Crippen LogP contribution in [0.5, 0.6) is 0 Å². The van der Waals surface area contributed by atoms with Gasteiger partial charge in [-0.3, -0.25) is 4.79 Å². The fourth-order valence-corrected chi connectivity index (χ4v) is 1.23. The van der Waals surface area contributed by atoms with Gasteiger partial charge in [0.15, 0.2) is 0 Å². The molecule has 0 saturated carbocycles. The zero-order valence-electron chi connectivity index (χ0n) is 9.38. The second-order valence-corrected chi connectivity index (χ2v) is 3.88. The van der Waals surface area contributed by atoms with Gasteiger partial charge in [0, 0.05) is 19.6 Å². The molecule has 0 spiro atoms. The van der Waals surface area contributed by atoms with Crippen LogP contribution in [0.4, 0.5) is 0 Å². The maximum atomic E-state index is 11.3. The summed E-state index contributed by atoms with van der Waals surface area (Å²) >= 11 is 0. The molecule has 1 amide bonds. The molecular weight excluding hydrogens is 178 g/mol. The zero-order valence-corrected chi connectivity index (χ0v) is 9.38. The van der Waals surface area contributed by atoms with E-state index in [0.717, 1.165) is 25.7 Å². The van der Waals surface area contributed by atoms with Gasteiger partial charge in [0.1, 0.15) is 0 Å². The van der Waals surface area contributed by atoms with E-state index in [1.54, 1.807) is 0 Å². The van der Waals surface area contributed by atoms with Crippen LogP contribution < -0.4 is 5.32 Å². The van der Waals surface area contributed by atoms with Crippen LogP contribution in [0.2, 0.25) is 0 Å². The molecular formula is C11H23NO2. The van der Waals surface area contributed by atoms with E-state index in [0.29, 0.717) is 18.9 Å². The number of nitrogens with one attached hydrogen (secondary N) is 1. The lowest BCUT2D eigenvalue weighted by Gasteiger charge is -2.10. The van der Waals surface area contributed by atoms with Crippen LogP contribution in [0, 0.1) is 5.92 Å². The van der Waals surface area contributed by atoms with E-state index in [4.69, 9.17) is 5.11 Å². The minimum atomic E-state index is 0.142. The molecule has 0 bridgehead atoms. The minimum Gasteiger partial charge on any atom is -0.396 e. The smallest absolute Gasteiger partial charge is 0.220 e. The molecule has 3 nitrogen and oxygen atoms in total. The normalized spacial score (nSPS) is 12.5. The Kier molecular flexibility index (Phi) is 8.64. The predicted octanol–water partition coefficient (Wildman–Crippen LogP) is 1.70. The fourth-order valence-electron chi connectivity index (χ4n) is 1.23. The second-order valence-electron chi connectivity index (χ2n) is 3.88. The van der Waals surface area contributed by atoms with Gasteiger partial charge in [0.25, 0.3) is 0 Å². The maximum absolute atomic E-state index is 11.3. The molecule has 0 aliphatic rings. The molecule has 0 saturated heterocycles. The van der Waals surface area contributed by atoms with Gasteiger partial charge < -0.3 is 10.4 Å². The van der Waals surface area contributed by atoms with Crippen LogP contribution in [0.3, 0.4) is 0 Å². The topological polar surface area (TPSA) is 49.3 Å². The lowest BCUT2D eigenvalue weighted by atomic mass is 10.1. The Bertz CT molecular complexity index is 148. The average molecular weight is 201 g/mol. The van der Waals surface area contributed by atoms with Crippen molar-refractivity contribution < 1.29 is 9.90 Å². The summed E-state index contributed by atoms with van der Waals surface area (Å²) in [5, 5.41) is 11.5.